The van der Waals surface area contributed by atoms with E-state index in [4.69, 9.17) is 4.74 Å². The molecule has 0 aliphatic rings. The number of nitrogens with zero attached hydrogens (tertiary/aromatic N) is 1. The Balaban J connectivity index is 3.84. The zero-order chi connectivity index (χ0) is 13.7. The Morgan fingerprint density at radius 3 is 2.18 bits per heavy atom. The first-order chi connectivity index (χ1) is 7.54. The highest BCUT2D eigenvalue weighted by molar-refractivity contribution is 7.87. The van der Waals surface area contributed by atoms with Crippen molar-refractivity contribution in [2.45, 2.75) is 26.4 Å². The predicted octanol–water partition coefficient (Wildman–Crippen LogP) is -0.0929. The van der Waals surface area contributed by atoms with Gasteiger partial charge in [-0.15, -0.1) is 0 Å². The zero-order valence-corrected chi connectivity index (χ0v) is 11.7. The van der Waals surface area contributed by atoms with Gasteiger partial charge in [0.05, 0.1) is 0 Å². The number of rotatable bonds is 5. The zero-order valence-electron chi connectivity index (χ0n) is 10.9. The molecule has 0 aliphatic carbocycles. The van der Waals surface area contributed by atoms with E-state index in [9.17, 15) is 13.2 Å². The molecule has 2 N–H and O–H groups in total. The van der Waals surface area contributed by atoms with Gasteiger partial charge in [-0.3, -0.25) is 0 Å². The minimum atomic E-state index is -3.44. The predicted molar refractivity (Wildman–Crippen MR) is 64.8 cm³/mol. The Bertz CT molecular complexity index is 346. The van der Waals surface area contributed by atoms with E-state index >= 15 is 0 Å². The molecule has 0 heterocycles. The van der Waals surface area contributed by atoms with Crippen LogP contribution >= 0.6 is 0 Å². The van der Waals surface area contributed by atoms with Crippen LogP contribution in [-0.4, -0.2) is 51.6 Å². The van der Waals surface area contributed by atoms with Gasteiger partial charge in [0, 0.05) is 27.2 Å². The largest absolute Gasteiger partial charge is 0.444 e. The highest BCUT2D eigenvalue weighted by Gasteiger charge is 2.16. The van der Waals surface area contributed by atoms with Crippen LogP contribution in [0.5, 0.6) is 0 Å². The molecule has 8 heteroatoms. The van der Waals surface area contributed by atoms with Crippen molar-refractivity contribution < 1.29 is 17.9 Å². The lowest BCUT2D eigenvalue weighted by Crippen LogP contribution is -2.41. The van der Waals surface area contributed by atoms with Gasteiger partial charge in [-0.1, -0.05) is 0 Å². The first-order valence-corrected chi connectivity index (χ1v) is 6.62. The van der Waals surface area contributed by atoms with Gasteiger partial charge in [-0.2, -0.15) is 12.7 Å². The second-order valence-corrected chi connectivity index (χ2v) is 6.58. The lowest BCUT2D eigenvalue weighted by molar-refractivity contribution is 0.0529. The molecule has 0 saturated carbocycles. The van der Waals surface area contributed by atoms with Gasteiger partial charge >= 0.3 is 6.09 Å². The molecule has 0 unspecified atom stereocenters. The van der Waals surface area contributed by atoms with Gasteiger partial charge in [-0.05, 0) is 20.8 Å². The van der Waals surface area contributed by atoms with E-state index in [0.29, 0.717) is 0 Å². The van der Waals surface area contributed by atoms with Crippen LogP contribution in [0.2, 0.25) is 0 Å². The van der Waals surface area contributed by atoms with Crippen molar-refractivity contribution in [2.24, 2.45) is 0 Å². The van der Waals surface area contributed by atoms with E-state index < -0.39 is 21.9 Å². The van der Waals surface area contributed by atoms with Crippen molar-refractivity contribution in [1.82, 2.24) is 14.3 Å². The maximum atomic E-state index is 11.3. The molecule has 0 atom stereocenters. The van der Waals surface area contributed by atoms with Gasteiger partial charge in [0.15, 0.2) is 0 Å². The second kappa shape index (κ2) is 6.18. The van der Waals surface area contributed by atoms with Crippen LogP contribution in [0.15, 0.2) is 0 Å². The van der Waals surface area contributed by atoms with Crippen molar-refractivity contribution in [3.8, 4) is 0 Å². The fourth-order valence-corrected chi connectivity index (χ4v) is 1.41. The average Bonchev–Trinajstić information content (AvgIpc) is 2.09. The molecule has 0 spiro atoms. The second-order valence-electron chi connectivity index (χ2n) is 4.61. The smallest absolute Gasteiger partial charge is 0.407 e. The lowest BCUT2D eigenvalue weighted by Gasteiger charge is -2.19. The molecule has 0 aromatic rings. The summed E-state index contributed by atoms with van der Waals surface area (Å²) in [6, 6.07) is 0. The Hall–Kier alpha value is -0.860. The van der Waals surface area contributed by atoms with Crippen molar-refractivity contribution >= 4 is 16.3 Å². The number of alkyl carbamates (subject to hydrolysis) is 1. The first-order valence-electron chi connectivity index (χ1n) is 5.18. The minimum absolute atomic E-state index is 0.111. The number of amides is 1. The first kappa shape index (κ1) is 16.1. The molecule has 0 aliphatic heterocycles. The topological polar surface area (TPSA) is 87.7 Å². The van der Waals surface area contributed by atoms with E-state index in [1.54, 1.807) is 20.8 Å². The van der Waals surface area contributed by atoms with E-state index in [-0.39, 0.29) is 13.1 Å². The molecule has 0 aromatic heterocycles. The number of ether oxygens (including phenoxy) is 1. The molecule has 0 saturated heterocycles. The van der Waals surface area contributed by atoms with E-state index in [1.807, 2.05) is 0 Å². The third-order valence-corrected chi connectivity index (χ3v) is 3.09. The van der Waals surface area contributed by atoms with Crippen LogP contribution in [0.3, 0.4) is 0 Å². The van der Waals surface area contributed by atoms with E-state index in [0.717, 1.165) is 4.31 Å². The molecule has 1 amide bonds. The van der Waals surface area contributed by atoms with Gasteiger partial charge in [0.25, 0.3) is 10.2 Å². The number of carbonyl (C=O) groups is 1. The maximum Gasteiger partial charge on any atom is 0.407 e. The molecule has 0 aromatic carbocycles. The van der Waals surface area contributed by atoms with Gasteiger partial charge in [0.1, 0.15) is 5.60 Å². The summed E-state index contributed by atoms with van der Waals surface area (Å²) in [4.78, 5) is 11.2. The third-order valence-electron chi connectivity index (χ3n) is 1.56. The summed E-state index contributed by atoms with van der Waals surface area (Å²) in [6.07, 6.45) is -0.568. The Kier molecular flexibility index (Phi) is 5.86. The summed E-state index contributed by atoms with van der Waals surface area (Å²) in [6.45, 7) is 5.53. The number of hydrogen-bond donors (Lipinski definition) is 2. The standard InChI is InChI=1S/C9H21N3O4S/c1-9(2,3)16-8(13)10-6-7-11-17(14,15)12(4)5/h11H,6-7H2,1-5H3,(H,10,13). The fourth-order valence-electron chi connectivity index (χ4n) is 0.788. The number of hydrogen-bond acceptors (Lipinski definition) is 4. The highest BCUT2D eigenvalue weighted by atomic mass is 32.2. The van der Waals surface area contributed by atoms with Gasteiger partial charge < -0.3 is 10.1 Å². The Morgan fingerprint density at radius 2 is 1.76 bits per heavy atom. The molecule has 0 rings (SSSR count). The Morgan fingerprint density at radius 1 is 1.24 bits per heavy atom. The molecule has 17 heavy (non-hydrogen) atoms. The minimum Gasteiger partial charge on any atom is -0.444 e. The van der Waals surface area contributed by atoms with E-state index in [1.165, 1.54) is 14.1 Å². The lowest BCUT2D eigenvalue weighted by atomic mass is 10.2. The molecule has 0 bridgehead atoms. The monoisotopic (exact) mass is 267 g/mol. The van der Waals surface area contributed by atoms with Crippen molar-refractivity contribution in [2.75, 3.05) is 27.2 Å². The van der Waals surface area contributed by atoms with Crippen LogP contribution in [0.4, 0.5) is 4.79 Å². The van der Waals surface area contributed by atoms with Crippen molar-refractivity contribution in [3.63, 3.8) is 0 Å². The van der Waals surface area contributed by atoms with Crippen molar-refractivity contribution in [3.05, 3.63) is 0 Å². The van der Waals surface area contributed by atoms with E-state index in [2.05, 4.69) is 10.0 Å². The molecule has 0 fully saturated rings. The van der Waals surface area contributed by atoms with Crippen LogP contribution in [-0.2, 0) is 14.9 Å². The summed E-state index contributed by atoms with van der Waals surface area (Å²) in [5, 5.41) is 2.44. The highest BCUT2D eigenvalue weighted by Crippen LogP contribution is 2.05. The van der Waals surface area contributed by atoms with Crippen LogP contribution < -0.4 is 10.0 Å². The number of carbonyl (C=O) groups excluding carboxylic acids is 1. The van der Waals surface area contributed by atoms with Gasteiger partial charge in [0.2, 0.25) is 0 Å². The van der Waals surface area contributed by atoms with Gasteiger partial charge in [-0.25, -0.2) is 9.52 Å². The fraction of sp³-hybridized carbons (Fsp3) is 0.889. The average molecular weight is 267 g/mol. The molecular weight excluding hydrogens is 246 g/mol. The van der Waals surface area contributed by atoms with Crippen LogP contribution in [0.25, 0.3) is 0 Å². The quantitative estimate of drug-likeness (QED) is 0.681. The number of nitrogens with one attached hydrogen (secondary N) is 2. The maximum absolute atomic E-state index is 11.3. The SMILES string of the molecule is CN(C)S(=O)(=O)NCCNC(=O)OC(C)(C)C. The summed E-state index contributed by atoms with van der Waals surface area (Å²) in [5.41, 5.74) is -0.562. The van der Waals surface area contributed by atoms with Crippen LogP contribution in [0.1, 0.15) is 20.8 Å². The summed E-state index contributed by atoms with van der Waals surface area (Å²) < 4.78 is 30.9. The summed E-state index contributed by atoms with van der Waals surface area (Å²) in [5.74, 6) is 0. The molecule has 102 valence electrons. The molecule has 0 radical (unpaired) electrons. The van der Waals surface area contributed by atoms with Crippen molar-refractivity contribution in [1.29, 1.82) is 0 Å². The normalized spacial score (nSPS) is 12.6. The summed E-state index contributed by atoms with van der Waals surface area (Å²) in [7, 11) is -0.600. The molecular formula is C9H21N3O4S. The van der Waals surface area contributed by atoms with Crippen LogP contribution in [0, 0.1) is 0 Å². The Labute approximate surface area is 103 Å². The summed E-state index contributed by atoms with van der Waals surface area (Å²) >= 11 is 0. The third kappa shape index (κ3) is 7.94. The molecule has 7 nitrogen and oxygen atoms in total.